The first-order chi connectivity index (χ1) is 8.70. The molecule has 0 saturated carbocycles. The van der Waals surface area contributed by atoms with Crippen molar-refractivity contribution < 1.29 is 0 Å². The van der Waals surface area contributed by atoms with Crippen LogP contribution in [-0.2, 0) is 6.42 Å². The number of nitrogen functional groups attached to an aromatic ring is 1. The van der Waals surface area contributed by atoms with E-state index in [0.29, 0.717) is 5.82 Å². The monoisotopic (exact) mass is 277 g/mol. The standard InChI is InChI=1S/C13H12ClN3S/c1-2-10-12(8-3-5-9(14)6-4-8)17-11(15)7-16-13(17)18-10/h3-7H,2,15H2,1H3. The van der Waals surface area contributed by atoms with E-state index in [9.17, 15) is 0 Å². The van der Waals surface area contributed by atoms with Gasteiger partial charge in [-0.05, 0) is 24.1 Å². The number of halogens is 1. The number of benzene rings is 1. The maximum Gasteiger partial charge on any atom is 0.196 e. The molecule has 3 nitrogen and oxygen atoms in total. The van der Waals surface area contributed by atoms with Gasteiger partial charge in [-0.15, -0.1) is 11.3 Å². The Morgan fingerprint density at radius 3 is 2.72 bits per heavy atom. The summed E-state index contributed by atoms with van der Waals surface area (Å²) in [5, 5.41) is 0.738. The number of nitrogens with two attached hydrogens (primary N) is 1. The average Bonchev–Trinajstić information content (AvgIpc) is 2.91. The number of hydrogen-bond donors (Lipinski definition) is 1. The maximum atomic E-state index is 5.99. The molecule has 1 aromatic carbocycles. The van der Waals surface area contributed by atoms with Gasteiger partial charge >= 0.3 is 0 Å². The molecule has 92 valence electrons. The molecule has 0 fully saturated rings. The Labute approximate surface area is 114 Å². The minimum atomic E-state index is 0.672. The molecule has 0 aliphatic carbocycles. The molecule has 18 heavy (non-hydrogen) atoms. The lowest BCUT2D eigenvalue weighted by Crippen LogP contribution is -1.95. The molecule has 0 saturated heterocycles. The zero-order valence-electron chi connectivity index (χ0n) is 9.85. The van der Waals surface area contributed by atoms with E-state index >= 15 is 0 Å². The molecule has 0 aliphatic rings. The summed E-state index contributed by atoms with van der Waals surface area (Å²) in [4.78, 5) is 6.54. The summed E-state index contributed by atoms with van der Waals surface area (Å²) in [7, 11) is 0. The lowest BCUT2D eigenvalue weighted by Gasteiger charge is -2.04. The maximum absolute atomic E-state index is 5.99. The number of fused-ring (bicyclic) bond motifs is 1. The van der Waals surface area contributed by atoms with Crippen LogP contribution in [0.4, 0.5) is 5.82 Å². The Morgan fingerprint density at radius 1 is 1.33 bits per heavy atom. The Kier molecular flexibility index (Phi) is 2.76. The fourth-order valence-corrected chi connectivity index (χ4v) is 3.25. The SMILES string of the molecule is CCc1sc2ncc(N)n2c1-c1ccc(Cl)cc1. The van der Waals surface area contributed by atoms with Crippen LogP contribution in [0.3, 0.4) is 0 Å². The molecule has 0 atom stereocenters. The molecule has 0 bridgehead atoms. The fourth-order valence-electron chi connectivity index (χ4n) is 2.06. The van der Waals surface area contributed by atoms with Crippen molar-refractivity contribution >= 4 is 33.7 Å². The van der Waals surface area contributed by atoms with Crippen LogP contribution in [0.1, 0.15) is 11.8 Å². The average molecular weight is 278 g/mol. The summed E-state index contributed by atoms with van der Waals surface area (Å²) >= 11 is 7.62. The Hall–Kier alpha value is -1.52. The topological polar surface area (TPSA) is 43.3 Å². The number of imidazole rings is 1. The van der Waals surface area contributed by atoms with Crippen molar-refractivity contribution in [2.75, 3.05) is 5.73 Å². The molecule has 2 heterocycles. The summed E-state index contributed by atoms with van der Waals surface area (Å²) in [5.41, 5.74) is 8.24. The summed E-state index contributed by atoms with van der Waals surface area (Å²) in [6.07, 6.45) is 2.66. The molecule has 3 aromatic rings. The van der Waals surface area contributed by atoms with E-state index in [2.05, 4.69) is 11.9 Å². The smallest absolute Gasteiger partial charge is 0.196 e. The van der Waals surface area contributed by atoms with E-state index in [1.165, 1.54) is 4.88 Å². The Morgan fingerprint density at radius 2 is 2.06 bits per heavy atom. The lowest BCUT2D eigenvalue weighted by molar-refractivity contribution is 1.14. The van der Waals surface area contributed by atoms with Crippen LogP contribution in [0.2, 0.25) is 5.02 Å². The summed E-state index contributed by atoms with van der Waals surface area (Å²) in [6.45, 7) is 2.14. The zero-order chi connectivity index (χ0) is 12.7. The van der Waals surface area contributed by atoms with Crippen molar-refractivity contribution in [1.82, 2.24) is 9.38 Å². The van der Waals surface area contributed by atoms with Crippen LogP contribution in [-0.4, -0.2) is 9.38 Å². The highest BCUT2D eigenvalue weighted by atomic mass is 35.5. The van der Waals surface area contributed by atoms with Crippen LogP contribution in [0.15, 0.2) is 30.5 Å². The first-order valence-electron chi connectivity index (χ1n) is 5.71. The molecule has 3 rings (SSSR count). The largest absolute Gasteiger partial charge is 0.383 e. The van der Waals surface area contributed by atoms with E-state index in [4.69, 9.17) is 17.3 Å². The van der Waals surface area contributed by atoms with Gasteiger partial charge in [0.15, 0.2) is 4.96 Å². The molecule has 2 aromatic heterocycles. The van der Waals surface area contributed by atoms with Gasteiger partial charge in [-0.3, -0.25) is 4.40 Å². The third-order valence-electron chi connectivity index (χ3n) is 2.90. The molecular formula is C13H12ClN3S. The molecule has 0 unspecified atom stereocenters. The Balaban J connectivity index is 2.31. The quantitative estimate of drug-likeness (QED) is 0.773. The second-order valence-corrected chi connectivity index (χ2v) is 5.53. The van der Waals surface area contributed by atoms with Crippen LogP contribution in [0.5, 0.6) is 0 Å². The molecule has 5 heteroatoms. The number of thiazole rings is 1. The van der Waals surface area contributed by atoms with E-state index < -0.39 is 0 Å². The summed E-state index contributed by atoms with van der Waals surface area (Å²) in [5.74, 6) is 0.672. The second kappa shape index (κ2) is 4.30. The third kappa shape index (κ3) is 1.69. The first-order valence-corrected chi connectivity index (χ1v) is 6.90. The minimum absolute atomic E-state index is 0.672. The molecule has 2 N–H and O–H groups in total. The number of nitrogens with zero attached hydrogens (tertiary/aromatic N) is 2. The van der Waals surface area contributed by atoms with Gasteiger partial charge in [0, 0.05) is 9.90 Å². The lowest BCUT2D eigenvalue weighted by atomic mass is 10.1. The number of aromatic nitrogens is 2. The normalized spacial score (nSPS) is 11.2. The van der Waals surface area contributed by atoms with E-state index in [-0.39, 0.29) is 0 Å². The molecule has 0 spiro atoms. The minimum Gasteiger partial charge on any atom is -0.383 e. The van der Waals surface area contributed by atoms with Crippen molar-refractivity contribution in [3.63, 3.8) is 0 Å². The number of aryl methyl sites for hydroxylation is 1. The van der Waals surface area contributed by atoms with Gasteiger partial charge in [0.1, 0.15) is 5.82 Å². The van der Waals surface area contributed by atoms with Crippen molar-refractivity contribution in [2.45, 2.75) is 13.3 Å². The molecular weight excluding hydrogens is 266 g/mol. The van der Waals surface area contributed by atoms with Crippen molar-refractivity contribution in [3.8, 4) is 11.3 Å². The van der Waals surface area contributed by atoms with Crippen molar-refractivity contribution in [1.29, 1.82) is 0 Å². The predicted octanol–water partition coefficient (Wildman–Crippen LogP) is 3.86. The molecule has 0 aliphatic heterocycles. The van der Waals surface area contributed by atoms with Crippen LogP contribution >= 0.6 is 22.9 Å². The van der Waals surface area contributed by atoms with Crippen molar-refractivity contribution in [3.05, 3.63) is 40.4 Å². The van der Waals surface area contributed by atoms with Gasteiger partial charge in [0.05, 0.1) is 11.9 Å². The van der Waals surface area contributed by atoms with E-state index in [1.54, 1.807) is 17.5 Å². The highest BCUT2D eigenvalue weighted by molar-refractivity contribution is 7.17. The third-order valence-corrected chi connectivity index (χ3v) is 4.35. The van der Waals surface area contributed by atoms with Gasteiger partial charge in [-0.25, -0.2) is 4.98 Å². The number of rotatable bonds is 2. The first kappa shape index (κ1) is 11.6. The predicted molar refractivity (Wildman–Crippen MR) is 77.3 cm³/mol. The van der Waals surface area contributed by atoms with Gasteiger partial charge in [-0.1, -0.05) is 30.7 Å². The van der Waals surface area contributed by atoms with E-state index in [1.807, 2.05) is 28.7 Å². The van der Waals surface area contributed by atoms with Gasteiger partial charge < -0.3 is 5.73 Å². The van der Waals surface area contributed by atoms with E-state index in [0.717, 1.165) is 27.7 Å². The summed E-state index contributed by atoms with van der Waals surface area (Å²) in [6, 6.07) is 7.82. The zero-order valence-corrected chi connectivity index (χ0v) is 11.4. The highest BCUT2D eigenvalue weighted by Gasteiger charge is 2.15. The second-order valence-electron chi connectivity index (χ2n) is 4.04. The van der Waals surface area contributed by atoms with Crippen LogP contribution < -0.4 is 5.73 Å². The molecule has 0 radical (unpaired) electrons. The number of anilines is 1. The number of hydrogen-bond acceptors (Lipinski definition) is 3. The van der Waals surface area contributed by atoms with Gasteiger partial charge in [-0.2, -0.15) is 0 Å². The van der Waals surface area contributed by atoms with Gasteiger partial charge in [0.25, 0.3) is 0 Å². The van der Waals surface area contributed by atoms with Crippen molar-refractivity contribution in [2.24, 2.45) is 0 Å². The fraction of sp³-hybridized carbons (Fsp3) is 0.154. The Bertz CT molecular complexity index is 697. The van der Waals surface area contributed by atoms with Crippen LogP contribution in [0.25, 0.3) is 16.2 Å². The summed E-state index contributed by atoms with van der Waals surface area (Å²) < 4.78 is 2.01. The van der Waals surface area contributed by atoms with Crippen LogP contribution in [0, 0.1) is 0 Å². The van der Waals surface area contributed by atoms with Gasteiger partial charge in [0.2, 0.25) is 0 Å². The molecule has 0 amide bonds. The highest BCUT2D eigenvalue weighted by Crippen LogP contribution is 2.34.